The van der Waals surface area contributed by atoms with Crippen LogP contribution < -0.4 is 9.62 Å². The maximum Gasteiger partial charge on any atom is 0.416 e. The molecular weight excluding hydrogens is 695 g/mol. The molecule has 0 fully saturated rings. The van der Waals surface area contributed by atoms with E-state index >= 15 is 0 Å². The third kappa shape index (κ3) is 9.45. The fourth-order valence-corrected chi connectivity index (χ4v) is 6.58. The topological polar surface area (TPSA) is 86.8 Å². The SMILES string of the molecule is CCCNC(=O)[C@H](Cc1ccccc1)N(Cc1ccc(Br)cc1)C(=O)CN(c1cccc(C(F)(F)F)c1)S(=O)(=O)c1ccc(C)cc1. The second kappa shape index (κ2) is 15.6. The van der Waals surface area contributed by atoms with Crippen LogP contribution >= 0.6 is 15.9 Å². The Morgan fingerprint density at radius 3 is 2.15 bits per heavy atom. The van der Waals surface area contributed by atoms with Crippen LogP contribution in [0.2, 0.25) is 0 Å². The number of hydrogen-bond acceptors (Lipinski definition) is 4. The molecule has 0 aromatic heterocycles. The molecule has 0 saturated carbocycles. The average molecular weight is 731 g/mol. The molecule has 4 aromatic rings. The van der Waals surface area contributed by atoms with E-state index in [1.54, 1.807) is 55.5 Å². The Balaban J connectivity index is 1.83. The third-order valence-electron chi connectivity index (χ3n) is 7.44. The standard InChI is InChI=1S/C35H35BrF3N3O4S/c1-3-20-40-34(44)32(21-26-8-5-4-6-9-26)41(23-27-14-16-29(36)17-15-27)33(43)24-42(30-11-7-10-28(22-30)35(37,38)39)47(45,46)31-18-12-25(2)13-19-31/h4-19,22,32H,3,20-21,23-24H2,1-2H3,(H,40,44)/t32-/m0/s1. The lowest BCUT2D eigenvalue weighted by Crippen LogP contribution is -2.53. The van der Waals surface area contributed by atoms with Crippen molar-refractivity contribution in [3.05, 3.63) is 130 Å². The zero-order chi connectivity index (χ0) is 34.2. The van der Waals surface area contributed by atoms with Gasteiger partial charge in [0.2, 0.25) is 11.8 Å². The Morgan fingerprint density at radius 1 is 0.872 bits per heavy atom. The predicted molar refractivity (Wildman–Crippen MR) is 179 cm³/mol. The molecule has 47 heavy (non-hydrogen) atoms. The van der Waals surface area contributed by atoms with Crippen LogP contribution in [0.25, 0.3) is 0 Å². The summed E-state index contributed by atoms with van der Waals surface area (Å²) in [6.45, 7) is 3.08. The van der Waals surface area contributed by atoms with Crippen LogP contribution in [-0.2, 0) is 38.8 Å². The van der Waals surface area contributed by atoms with Crippen molar-refractivity contribution in [1.82, 2.24) is 10.2 Å². The van der Waals surface area contributed by atoms with Gasteiger partial charge in [-0.15, -0.1) is 0 Å². The number of benzene rings is 4. The Morgan fingerprint density at radius 2 is 1.53 bits per heavy atom. The van der Waals surface area contributed by atoms with Crippen molar-refractivity contribution >= 4 is 43.5 Å². The maximum absolute atomic E-state index is 14.4. The van der Waals surface area contributed by atoms with Crippen LogP contribution in [-0.4, -0.2) is 44.3 Å². The lowest BCUT2D eigenvalue weighted by molar-refractivity contribution is -0.140. The third-order valence-corrected chi connectivity index (χ3v) is 9.75. The highest BCUT2D eigenvalue weighted by molar-refractivity contribution is 9.10. The number of aryl methyl sites for hydroxylation is 1. The molecule has 0 aliphatic heterocycles. The van der Waals surface area contributed by atoms with Gasteiger partial charge in [0.15, 0.2) is 0 Å². The van der Waals surface area contributed by atoms with E-state index < -0.39 is 46.2 Å². The van der Waals surface area contributed by atoms with E-state index in [1.165, 1.54) is 23.1 Å². The average Bonchev–Trinajstić information content (AvgIpc) is 3.05. The Labute approximate surface area is 281 Å². The molecule has 0 saturated heterocycles. The first-order valence-corrected chi connectivity index (χ1v) is 17.1. The number of carbonyl (C=O) groups excluding carboxylic acids is 2. The summed E-state index contributed by atoms with van der Waals surface area (Å²) in [7, 11) is -4.55. The molecule has 0 heterocycles. The number of hydrogen-bond donors (Lipinski definition) is 1. The molecule has 0 unspecified atom stereocenters. The summed E-state index contributed by atoms with van der Waals surface area (Å²) in [5.74, 6) is -1.21. The highest BCUT2D eigenvalue weighted by atomic mass is 79.9. The van der Waals surface area contributed by atoms with Crippen molar-refractivity contribution in [2.45, 2.75) is 50.3 Å². The molecule has 0 aliphatic carbocycles. The number of amides is 2. The summed E-state index contributed by atoms with van der Waals surface area (Å²) < 4.78 is 70.9. The van der Waals surface area contributed by atoms with Gasteiger partial charge in [-0.3, -0.25) is 13.9 Å². The van der Waals surface area contributed by atoms with Crippen molar-refractivity contribution in [1.29, 1.82) is 0 Å². The van der Waals surface area contributed by atoms with Gasteiger partial charge in [-0.25, -0.2) is 8.42 Å². The van der Waals surface area contributed by atoms with Crippen LogP contribution in [0.15, 0.2) is 112 Å². The monoisotopic (exact) mass is 729 g/mol. The lowest BCUT2D eigenvalue weighted by atomic mass is 10.0. The number of alkyl halides is 3. The van der Waals surface area contributed by atoms with E-state index in [4.69, 9.17) is 0 Å². The second-order valence-corrected chi connectivity index (χ2v) is 13.8. The van der Waals surface area contributed by atoms with E-state index in [2.05, 4.69) is 21.2 Å². The van der Waals surface area contributed by atoms with Crippen LogP contribution in [0.5, 0.6) is 0 Å². The molecule has 248 valence electrons. The molecule has 7 nitrogen and oxygen atoms in total. The summed E-state index contributed by atoms with van der Waals surface area (Å²) in [6, 6.07) is 24.7. The fourth-order valence-electron chi connectivity index (χ4n) is 4.91. The minimum Gasteiger partial charge on any atom is -0.354 e. The predicted octanol–water partition coefficient (Wildman–Crippen LogP) is 7.14. The minimum atomic E-state index is -4.76. The highest BCUT2D eigenvalue weighted by Crippen LogP contribution is 2.33. The van der Waals surface area contributed by atoms with Crippen LogP contribution in [0.4, 0.5) is 18.9 Å². The molecule has 0 bridgehead atoms. The van der Waals surface area contributed by atoms with Crippen molar-refractivity contribution in [3.8, 4) is 0 Å². The van der Waals surface area contributed by atoms with E-state index in [9.17, 15) is 31.2 Å². The summed E-state index contributed by atoms with van der Waals surface area (Å²) in [4.78, 5) is 29.2. The van der Waals surface area contributed by atoms with Crippen LogP contribution in [0.3, 0.4) is 0 Å². The maximum atomic E-state index is 14.4. The Hall–Kier alpha value is -4.16. The first-order chi connectivity index (χ1) is 22.3. The van der Waals surface area contributed by atoms with E-state index in [-0.39, 0.29) is 23.5 Å². The van der Waals surface area contributed by atoms with Crippen molar-refractivity contribution in [3.63, 3.8) is 0 Å². The zero-order valence-corrected chi connectivity index (χ0v) is 28.3. The fraction of sp³-hybridized carbons (Fsp3) is 0.257. The van der Waals surface area contributed by atoms with Gasteiger partial charge in [-0.05, 0) is 66.9 Å². The Bertz CT molecular complexity index is 1770. The van der Waals surface area contributed by atoms with E-state index in [0.29, 0.717) is 28.9 Å². The van der Waals surface area contributed by atoms with Gasteiger partial charge in [0.05, 0.1) is 16.1 Å². The number of halogens is 4. The van der Waals surface area contributed by atoms with Crippen LogP contribution in [0.1, 0.15) is 35.6 Å². The molecule has 0 radical (unpaired) electrons. The van der Waals surface area contributed by atoms with Gasteiger partial charge in [0, 0.05) is 24.0 Å². The summed E-state index contributed by atoms with van der Waals surface area (Å²) >= 11 is 3.39. The number of sulfonamides is 1. The van der Waals surface area contributed by atoms with Gasteiger partial charge in [-0.1, -0.05) is 89.1 Å². The van der Waals surface area contributed by atoms with Gasteiger partial charge in [0.1, 0.15) is 12.6 Å². The highest BCUT2D eigenvalue weighted by Gasteiger charge is 2.36. The molecule has 0 aliphatic rings. The summed E-state index contributed by atoms with van der Waals surface area (Å²) in [6.07, 6.45) is -4.00. The summed E-state index contributed by atoms with van der Waals surface area (Å²) in [5, 5.41) is 2.86. The quantitative estimate of drug-likeness (QED) is 0.159. The minimum absolute atomic E-state index is 0.0653. The second-order valence-electron chi connectivity index (χ2n) is 11.0. The molecule has 1 N–H and O–H groups in total. The molecular formula is C35H35BrF3N3O4S. The number of rotatable bonds is 13. The first kappa shape index (κ1) is 35.7. The van der Waals surface area contributed by atoms with Gasteiger partial charge in [-0.2, -0.15) is 13.2 Å². The summed E-state index contributed by atoms with van der Waals surface area (Å²) in [5.41, 5.74) is 0.786. The lowest BCUT2D eigenvalue weighted by Gasteiger charge is -2.34. The zero-order valence-electron chi connectivity index (χ0n) is 25.9. The molecule has 0 spiro atoms. The number of nitrogens with one attached hydrogen (secondary N) is 1. The van der Waals surface area contributed by atoms with Crippen molar-refractivity contribution in [2.75, 3.05) is 17.4 Å². The number of anilines is 1. The number of nitrogens with zero attached hydrogens (tertiary/aromatic N) is 2. The molecule has 1 atom stereocenters. The first-order valence-electron chi connectivity index (χ1n) is 14.9. The van der Waals surface area contributed by atoms with Crippen molar-refractivity contribution < 1.29 is 31.2 Å². The normalized spacial score (nSPS) is 12.3. The van der Waals surface area contributed by atoms with Gasteiger partial charge in [0.25, 0.3) is 10.0 Å². The van der Waals surface area contributed by atoms with Gasteiger partial charge >= 0.3 is 6.18 Å². The van der Waals surface area contributed by atoms with Crippen molar-refractivity contribution in [2.24, 2.45) is 0 Å². The molecule has 2 amide bonds. The molecule has 4 aromatic carbocycles. The molecule has 4 rings (SSSR count). The van der Waals surface area contributed by atoms with Crippen LogP contribution in [0, 0.1) is 6.92 Å². The Kier molecular flexibility index (Phi) is 11.9. The molecule has 12 heteroatoms. The smallest absolute Gasteiger partial charge is 0.354 e. The number of carbonyl (C=O) groups is 2. The van der Waals surface area contributed by atoms with E-state index in [1.807, 2.05) is 25.1 Å². The largest absolute Gasteiger partial charge is 0.416 e. The van der Waals surface area contributed by atoms with E-state index in [0.717, 1.165) is 27.7 Å². The van der Waals surface area contributed by atoms with Gasteiger partial charge < -0.3 is 10.2 Å².